The molecular weight excluding hydrogens is 272 g/mol. The third-order valence-corrected chi connectivity index (χ3v) is 4.21. The summed E-state index contributed by atoms with van der Waals surface area (Å²) in [6.07, 6.45) is 1.11. The van der Waals surface area contributed by atoms with Crippen molar-refractivity contribution in [3.63, 3.8) is 0 Å². The van der Waals surface area contributed by atoms with E-state index < -0.39 is 0 Å². The van der Waals surface area contributed by atoms with Gasteiger partial charge in [0.05, 0.1) is 0 Å². The van der Waals surface area contributed by atoms with E-state index in [1.807, 2.05) is 19.1 Å². The first-order valence-corrected chi connectivity index (χ1v) is 7.65. The molecule has 2 aromatic rings. The van der Waals surface area contributed by atoms with E-state index in [2.05, 4.69) is 52.5 Å². The maximum absolute atomic E-state index is 9.04. The first-order chi connectivity index (χ1) is 10.7. The summed E-state index contributed by atoms with van der Waals surface area (Å²) in [6.45, 7) is 5.89. The smallest absolute Gasteiger partial charge is 0.145 e. The number of aromatic nitrogens is 1. The topological polar surface area (TPSA) is 52.0 Å². The van der Waals surface area contributed by atoms with E-state index in [4.69, 9.17) is 5.26 Å². The van der Waals surface area contributed by atoms with Crippen LogP contribution in [-0.4, -0.2) is 24.1 Å². The molecule has 0 radical (unpaired) electrons. The Balaban J connectivity index is 1.63. The highest BCUT2D eigenvalue weighted by molar-refractivity contribution is 5.59. The zero-order valence-electron chi connectivity index (χ0n) is 13.0. The van der Waals surface area contributed by atoms with Crippen LogP contribution in [0.5, 0.6) is 0 Å². The monoisotopic (exact) mass is 292 g/mol. The van der Waals surface area contributed by atoms with Gasteiger partial charge < -0.3 is 10.2 Å². The summed E-state index contributed by atoms with van der Waals surface area (Å²) in [5.74, 6) is 0.766. The molecule has 0 saturated heterocycles. The SMILES string of the molecule is Cc1ccc(NCCN2c3ccccc3CC2C)nc1C#N. The lowest BCUT2D eigenvalue weighted by atomic mass is 10.1. The van der Waals surface area contributed by atoms with Crippen LogP contribution in [0.2, 0.25) is 0 Å². The zero-order valence-corrected chi connectivity index (χ0v) is 13.0. The zero-order chi connectivity index (χ0) is 15.5. The fraction of sp³-hybridized carbons (Fsp3) is 0.333. The van der Waals surface area contributed by atoms with Crippen molar-refractivity contribution in [1.29, 1.82) is 5.26 Å². The number of aryl methyl sites for hydroxylation is 1. The molecule has 22 heavy (non-hydrogen) atoms. The van der Waals surface area contributed by atoms with Crippen molar-refractivity contribution in [1.82, 2.24) is 4.98 Å². The minimum Gasteiger partial charge on any atom is -0.368 e. The maximum atomic E-state index is 9.04. The van der Waals surface area contributed by atoms with Gasteiger partial charge in [-0.05, 0) is 43.5 Å². The molecule has 0 fully saturated rings. The van der Waals surface area contributed by atoms with Crippen molar-refractivity contribution in [2.24, 2.45) is 0 Å². The van der Waals surface area contributed by atoms with Crippen LogP contribution in [0.3, 0.4) is 0 Å². The molecule has 1 aromatic carbocycles. The Bertz CT molecular complexity index is 717. The summed E-state index contributed by atoms with van der Waals surface area (Å²) < 4.78 is 0. The van der Waals surface area contributed by atoms with Crippen LogP contribution in [-0.2, 0) is 6.42 Å². The fourth-order valence-electron chi connectivity index (χ4n) is 3.02. The lowest BCUT2D eigenvalue weighted by Crippen LogP contribution is -2.33. The Morgan fingerprint density at radius 1 is 1.32 bits per heavy atom. The maximum Gasteiger partial charge on any atom is 0.145 e. The minimum atomic E-state index is 0.491. The second-order valence-electron chi connectivity index (χ2n) is 5.78. The van der Waals surface area contributed by atoms with Gasteiger partial charge in [-0.15, -0.1) is 0 Å². The molecule has 0 bridgehead atoms. The highest BCUT2D eigenvalue weighted by Crippen LogP contribution is 2.31. The Hall–Kier alpha value is -2.54. The number of fused-ring (bicyclic) bond motifs is 1. The number of nitrogens with one attached hydrogen (secondary N) is 1. The molecule has 2 heterocycles. The third-order valence-electron chi connectivity index (χ3n) is 4.21. The van der Waals surface area contributed by atoms with Crippen molar-refractivity contribution in [2.75, 3.05) is 23.3 Å². The van der Waals surface area contributed by atoms with Crippen LogP contribution < -0.4 is 10.2 Å². The van der Waals surface area contributed by atoms with Gasteiger partial charge in [0.1, 0.15) is 17.6 Å². The van der Waals surface area contributed by atoms with Crippen molar-refractivity contribution < 1.29 is 0 Å². The molecule has 1 unspecified atom stereocenters. The third kappa shape index (κ3) is 2.75. The van der Waals surface area contributed by atoms with Gasteiger partial charge in [0.15, 0.2) is 0 Å². The number of nitriles is 1. The van der Waals surface area contributed by atoms with Crippen molar-refractivity contribution in [3.05, 3.63) is 53.2 Å². The number of hydrogen-bond donors (Lipinski definition) is 1. The molecule has 1 aromatic heterocycles. The first kappa shape index (κ1) is 14.4. The fourth-order valence-corrected chi connectivity index (χ4v) is 3.02. The van der Waals surface area contributed by atoms with Gasteiger partial charge in [0, 0.05) is 24.8 Å². The second-order valence-corrected chi connectivity index (χ2v) is 5.78. The van der Waals surface area contributed by atoms with Crippen LogP contribution >= 0.6 is 0 Å². The van der Waals surface area contributed by atoms with Gasteiger partial charge in [-0.2, -0.15) is 5.26 Å². The summed E-state index contributed by atoms with van der Waals surface area (Å²) in [5, 5.41) is 12.4. The van der Waals surface area contributed by atoms with Gasteiger partial charge >= 0.3 is 0 Å². The molecule has 4 nitrogen and oxygen atoms in total. The number of nitrogens with zero attached hydrogens (tertiary/aromatic N) is 3. The van der Waals surface area contributed by atoms with Crippen molar-refractivity contribution in [3.8, 4) is 6.07 Å². The number of anilines is 2. The Morgan fingerprint density at radius 2 is 2.14 bits per heavy atom. The van der Waals surface area contributed by atoms with Gasteiger partial charge in [0.2, 0.25) is 0 Å². The van der Waals surface area contributed by atoms with Crippen molar-refractivity contribution in [2.45, 2.75) is 26.3 Å². The molecule has 0 spiro atoms. The van der Waals surface area contributed by atoms with E-state index in [-0.39, 0.29) is 0 Å². The van der Waals surface area contributed by atoms with E-state index in [1.54, 1.807) is 0 Å². The summed E-state index contributed by atoms with van der Waals surface area (Å²) in [7, 11) is 0. The molecule has 1 aliphatic heterocycles. The van der Waals surface area contributed by atoms with Gasteiger partial charge in [0.25, 0.3) is 0 Å². The van der Waals surface area contributed by atoms with Gasteiger partial charge in [-0.25, -0.2) is 4.98 Å². The highest BCUT2D eigenvalue weighted by atomic mass is 15.2. The summed E-state index contributed by atoms with van der Waals surface area (Å²) in [4.78, 5) is 6.76. The molecular formula is C18H20N4. The molecule has 3 rings (SSSR count). The predicted octanol–water partition coefficient (Wildman–Crippen LogP) is 3.12. The van der Waals surface area contributed by atoms with Crippen LogP contribution in [0.1, 0.15) is 23.7 Å². The van der Waals surface area contributed by atoms with Gasteiger partial charge in [-0.3, -0.25) is 0 Å². The molecule has 4 heteroatoms. The second kappa shape index (κ2) is 6.07. The Labute approximate surface area is 131 Å². The standard InChI is InChI=1S/C18H20N4/c1-13-7-8-18(21-16(13)12-19)20-9-10-22-14(2)11-15-5-3-4-6-17(15)22/h3-8,14H,9-11H2,1-2H3,(H,20,21). The Morgan fingerprint density at radius 3 is 2.95 bits per heavy atom. The lowest BCUT2D eigenvalue weighted by molar-refractivity contribution is 0.680. The number of benzene rings is 1. The summed E-state index contributed by atoms with van der Waals surface area (Å²) in [5.41, 5.74) is 4.17. The van der Waals surface area contributed by atoms with Crippen LogP contribution in [0.25, 0.3) is 0 Å². The molecule has 112 valence electrons. The van der Waals surface area contributed by atoms with E-state index in [0.29, 0.717) is 11.7 Å². The number of rotatable bonds is 4. The van der Waals surface area contributed by atoms with Crippen LogP contribution in [0.15, 0.2) is 36.4 Å². The minimum absolute atomic E-state index is 0.491. The average molecular weight is 292 g/mol. The summed E-state index contributed by atoms with van der Waals surface area (Å²) in [6, 6.07) is 15.1. The van der Waals surface area contributed by atoms with Gasteiger partial charge in [-0.1, -0.05) is 24.3 Å². The molecule has 0 aliphatic carbocycles. The highest BCUT2D eigenvalue weighted by Gasteiger charge is 2.24. The molecule has 1 atom stereocenters. The number of para-hydroxylation sites is 1. The van der Waals surface area contributed by atoms with E-state index in [0.717, 1.165) is 30.9 Å². The average Bonchev–Trinajstić information content (AvgIpc) is 2.85. The normalized spacial score (nSPS) is 16.2. The predicted molar refractivity (Wildman–Crippen MR) is 89.1 cm³/mol. The van der Waals surface area contributed by atoms with E-state index >= 15 is 0 Å². The summed E-state index contributed by atoms with van der Waals surface area (Å²) >= 11 is 0. The van der Waals surface area contributed by atoms with Crippen LogP contribution in [0.4, 0.5) is 11.5 Å². The molecule has 1 N–H and O–H groups in total. The molecule has 0 saturated carbocycles. The number of hydrogen-bond acceptors (Lipinski definition) is 4. The first-order valence-electron chi connectivity index (χ1n) is 7.65. The molecule has 1 aliphatic rings. The van der Waals surface area contributed by atoms with E-state index in [9.17, 15) is 0 Å². The van der Waals surface area contributed by atoms with Crippen molar-refractivity contribution >= 4 is 11.5 Å². The lowest BCUT2D eigenvalue weighted by Gasteiger charge is -2.25. The quantitative estimate of drug-likeness (QED) is 0.940. The van der Waals surface area contributed by atoms with E-state index in [1.165, 1.54) is 11.3 Å². The largest absolute Gasteiger partial charge is 0.368 e. The Kier molecular flexibility index (Phi) is 3.97. The molecule has 0 amide bonds. The van der Waals surface area contributed by atoms with Crippen LogP contribution in [0, 0.1) is 18.3 Å². The number of pyridine rings is 1.